The number of hydrogen-bond acceptors (Lipinski definition) is 1. The summed E-state index contributed by atoms with van der Waals surface area (Å²) in [5, 5.41) is 10.4. The standard InChI is InChI=1S/C28H44F4O/c1-17(2)7-6-8-18(3)24-23(29)15-22-20-10-9-19-16-27(33,28(30,31)32)14-13-25(19,4)21(20)11-12-26(22,24)5/h9,17-18,20-24,33H,6-8,10-16H2,1-5H3/t18-,20?,21?,22?,23?,24?,25?,26?,27?/m1/s1/i1D/t17-,18-,20?,21?,22?,23?,24?,25?,26?,27?. The van der Waals surface area contributed by atoms with E-state index in [2.05, 4.69) is 27.7 Å². The van der Waals surface area contributed by atoms with Crippen LogP contribution in [0.25, 0.3) is 0 Å². The average molecular weight is 474 g/mol. The van der Waals surface area contributed by atoms with Gasteiger partial charge in [0.25, 0.3) is 0 Å². The molecule has 0 aromatic heterocycles. The molecule has 10 atom stereocenters. The fourth-order valence-electron chi connectivity index (χ4n) is 8.87. The van der Waals surface area contributed by atoms with Crippen molar-refractivity contribution in [2.45, 2.75) is 117 Å². The van der Waals surface area contributed by atoms with E-state index < -0.39 is 17.9 Å². The number of rotatable bonds is 5. The van der Waals surface area contributed by atoms with E-state index in [4.69, 9.17) is 1.37 Å². The molecule has 0 saturated heterocycles. The minimum absolute atomic E-state index is 0.0459. The average Bonchev–Trinajstić information content (AvgIpc) is 3.03. The zero-order valence-corrected chi connectivity index (χ0v) is 20.9. The Morgan fingerprint density at radius 3 is 2.55 bits per heavy atom. The van der Waals surface area contributed by atoms with Gasteiger partial charge in [-0.25, -0.2) is 4.39 Å². The van der Waals surface area contributed by atoms with Crippen molar-refractivity contribution in [3.8, 4) is 0 Å². The predicted octanol–water partition coefficient (Wildman–Crippen LogP) is 8.27. The predicted molar refractivity (Wildman–Crippen MR) is 124 cm³/mol. The van der Waals surface area contributed by atoms with Gasteiger partial charge in [0.1, 0.15) is 6.17 Å². The van der Waals surface area contributed by atoms with Crippen molar-refractivity contribution in [3.05, 3.63) is 11.6 Å². The monoisotopic (exact) mass is 473 g/mol. The molecule has 3 fully saturated rings. The summed E-state index contributed by atoms with van der Waals surface area (Å²) in [7, 11) is 0. The molecular weight excluding hydrogens is 428 g/mol. The van der Waals surface area contributed by atoms with Crippen molar-refractivity contribution in [1.82, 2.24) is 0 Å². The molecule has 8 unspecified atom stereocenters. The van der Waals surface area contributed by atoms with Crippen LogP contribution in [0.2, 0.25) is 0 Å². The van der Waals surface area contributed by atoms with E-state index >= 15 is 4.39 Å². The maximum atomic E-state index is 15.7. The topological polar surface area (TPSA) is 20.2 Å². The molecule has 190 valence electrons. The van der Waals surface area contributed by atoms with E-state index in [0.29, 0.717) is 37.5 Å². The molecule has 0 spiro atoms. The zero-order chi connectivity index (χ0) is 25.1. The Labute approximate surface area is 199 Å². The first kappa shape index (κ1) is 24.1. The smallest absolute Gasteiger partial charge is 0.380 e. The van der Waals surface area contributed by atoms with Gasteiger partial charge in [-0.15, -0.1) is 0 Å². The van der Waals surface area contributed by atoms with Crippen LogP contribution < -0.4 is 0 Å². The number of fused-ring (bicyclic) bond motifs is 5. The van der Waals surface area contributed by atoms with Gasteiger partial charge in [0.2, 0.25) is 0 Å². The largest absolute Gasteiger partial charge is 0.417 e. The lowest BCUT2D eigenvalue weighted by molar-refractivity contribution is -0.271. The Hall–Kier alpha value is -0.580. The number of allylic oxidation sites excluding steroid dienone is 1. The molecule has 0 amide bonds. The van der Waals surface area contributed by atoms with Gasteiger partial charge >= 0.3 is 6.18 Å². The van der Waals surface area contributed by atoms with E-state index in [1.165, 1.54) is 0 Å². The Balaban J connectivity index is 1.52. The lowest BCUT2D eigenvalue weighted by Gasteiger charge is -2.59. The summed E-state index contributed by atoms with van der Waals surface area (Å²) in [5.41, 5.74) is -2.19. The summed E-state index contributed by atoms with van der Waals surface area (Å²) in [6.07, 6.45) is 2.67. The van der Waals surface area contributed by atoms with Crippen LogP contribution in [-0.4, -0.2) is 23.1 Å². The molecule has 4 rings (SSSR count). The van der Waals surface area contributed by atoms with Crippen molar-refractivity contribution in [2.75, 3.05) is 0 Å². The summed E-state index contributed by atoms with van der Waals surface area (Å²) < 4.78 is 63.8. The van der Waals surface area contributed by atoms with E-state index in [-0.39, 0.29) is 41.4 Å². The van der Waals surface area contributed by atoms with Gasteiger partial charge in [0.05, 0.1) is 0 Å². The third kappa shape index (κ3) is 4.10. The van der Waals surface area contributed by atoms with Gasteiger partial charge in [-0.05, 0) is 84.9 Å². The number of hydrogen-bond donors (Lipinski definition) is 1. The Bertz CT molecular complexity index is 783. The fraction of sp³-hybridized carbons (Fsp3) is 0.929. The quantitative estimate of drug-likeness (QED) is 0.315. The molecule has 5 heteroatoms. The highest BCUT2D eigenvalue weighted by molar-refractivity contribution is 5.28. The third-order valence-electron chi connectivity index (χ3n) is 10.7. The lowest BCUT2D eigenvalue weighted by atomic mass is 9.46. The van der Waals surface area contributed by atoms with E-state index in [1.807, 2.05) is 6.08 Å². The molecule has 33 heavy (non-hydrogen) atoms. The van der Waals surface area contributed by atoms with Crippen molar-refractivity contribution < 1.29 is 24.0 Å². The molecule has 0 heterocycles. The van der Waals surface area contributed by atoms with Gasteiger partial charge in [-0.1, -0.05) is 65.5 Å². The second kappa shape index (κ2) is 8.52. The van der Waals surface area contributed by atoms with Crippen LogP contribution in [0, 0.1) is 46.3 Å². The van der Waals surface area contributed by atoms with Crippen LogP contribution in [0.3, 0.4) is 0 Å². The number of alkyl halides is 4. The molecule has 0 aromatic carbocycles. The zero-order valence-electron chi connectivity index (χ0n) is 21.9. The number of aliphatic hydroxyl groups is 1. The molecular formula is C28H44F4O. The van der Waals surface area contributed by atoms with Gasteiger partial charge in [-0.3, -0.25) is 0 Å². The summed E-state index contributed by atoms with van der Waals surface area (Å²) in [6, 6.07) is 0. The second-order valence-electron chi connectivity index (χ2n) is 12.8. The summed E-state index contributed by atoms with van der Waals surface area (Å²) in [5.74, 6) is 1.63. The van der Waals surface area contributed by atoms with Crippen LogP contribution >= 0.6 is 0 Å². The van der Waals surface area contributed by atoms with Crippen LogP contribution in [0.15, 0.2) is 11.6 Å². The molecule has 3 saturated carbocycles. The molecule has 1 nitrogen and oxygen atoms in total. The molecule has 4 aliphatic carbocycles. The Morgan fingerprint density at radius 1 is 1.15 bits per heavy atom. The Kier molecular flexibility index (Phi) is 6.23. The normalized spacial score (nSPS) is 47.6. The first-order valence-electron chi connectivity index (χ1n) is 13.9. The van der Waals surface area contributed by atoms with Crippen molar-refractivity contribution in [2.24, 2.45) is 46.3 Å². The highest BCUT2D eigenvalue weighted by Crippen LogP contribution is 2.68. The highest BCUT2D eigenvalue weighted by Gasteiger charge is 2.64. The highest BCUT2D eigenvalue weighted by atomic mass is 19.4. The van der Waals surface area contributed by atoms with Crippen LogP contribution in [0.5, 0.6) is 0 Å². The van der Waals surface area contributed by atoms with E-state index in [9.17, 15) is 18.3 Å². The molecule has 0 aromatic rings. The summed E-state index contributed by atoms with van der Waals surface area (Å²) in [6.45, 7) is 9.17. The second-order valence-corrected chi connectivity index (χ2v) is 12.8. The number of halogens is 4. The van der Waals surface area contributed by atoms with Crippen LogP contribution in [0.4, 0.5) is 17.6 Å². The third-order valence-corrected chi connectivity index (χ3v) is 10.7. The molecule has 1 N–H and O–H groups in total. The van der Waals surface area contributed by atoms with Crippen molar-refractivity contribution in [3.63, 3.8) is 0 Å². The van der Waals surface area contributed by atoms with Gasteiger partial charge < -0.3 is 5.11 Å². The maximum absolute atomic E-state index is 15.7. The first-order chi connectivity index (χ1) is 15.8. The maximum Gasteiger partial charge on any atom is 0.417 e. The molecule has 0 radical (unpaired) electrons. The minimum atomic E-state index is -4.61. The molecule has 0 bridgehead atoms. The van der Waals surface area contributed by atoms with Crippen LogP contribution in [0.1, 0.15) is 100 Å². The van der Waals surface area contributed by atoms with Gasteiger partial charge in [-0.2, -0.15) is 13.2 Å². The first-order valence-corrected chi connectivity index (χ1v) is 13.2. The fourth-order valence-corrected chi connectivity index (χ4v) is 8.87. The molecule has 4 aliphatic rings. The van der Waals surface area contributed by atoms with Crippen molar-refractivity contribution in [1.29, 1.82) is 0 Å². The van der Waals surface area contributed by atoms with Crippen molar-refractivity contribution >= 4 is 0 Å². The van der Waals surface area contributed by atoms with E-state index in [0.717, 1.165) is 44.1 Å². The van der Waals surface area contributed by atoms with Gasteiger partial charge in [0, 0.05) is 7.79 Å². The molecule has 0 aliphatic heterocycles. The SMILES string of the molecule is [2H]C[C@H](C)CCC[C@@H](C)C1C(F)CC2C3CC=C4CC(O)(C(F)(F)F)CCC4(C)C3CCC21C. The summed E-state index contributed by atoms with van der Waals surface area (Å²) in [4.78, 5) is 0. The van der Waals surface area contributed by atoms with Crippen LogP contribution in [-0.2, 0) is 0 Å². The summed E-state index contributed by atoms with van der Waals surface area (Å²) >= 11 is 0. The minimum Gasteiger partial charge on any atom is -0.380 e. The van der Waals surface area contributed by atoms with Gasteiger partial charge in [0.15, 0.2) is 5.60 Å². The van der Waals surface area contributed by atoms with E-state index in [1.54, 1.807) is 0 Å². The lowest BCUT2D eigenvalue weighted by Crippen LogP contribution is -2.55. The Morgan fingerprint density at radius 2 is 1.88 bits per heavy atom.